The summed E-state index contributed by atoms with van der Waals surface area (Å²) in [7, 11) is 0. The summed E-state index contributed by atoms with van der Waals surface area (Å²) in [5, 5.41) is 4.49. The van der Waals surface area contributed by atoms with Gasteiger partial charge in [-0.05, 0) is 84.9 Å². The Bertz CT molecular complexity index is 1920. The molecule has 2 fully saturated rings. The highest BCUT2D eigenvalue weighted by atomic mass is 16.6. The maximum Gasteiger partial charge on any atom is 0.410 e. The van der Waals surface area contributed by atoms with Crippen LogP contribution < -0.4 is 5.32 Å². The molecule has 3 atom stereocenters. The molecule has 0 bridgehead atoms. The van der Waals surface area contributed by atoms with Crippen molar-refractivity contribution >= 4 is 28.9 Å². The fraction of sp³-hybridized carbons (Fsp3) is 0.474. The zero-order chi connectivity index (χ0) is 35.2. The Kier molecular flexibility index (Phi) is 8.73. The van der Waals surface area contributed by atoms with E-state index >= 15 is 0 Å². The van der Waals surface area contributed by atoms with E-state index in [-0.39, 0.29) is 30.3 Å². The molecular weight excluding hydrogens is 632 g/mol. The van der Waals surface area contributed by atoms with Gasteiger partial charge in [0.05, 0.1) is 42.1 Å². The van der Waals surface area contributed by atoms with Crippen molar-refractivity contribution in [3.63, 3.8) is 0 Å². The average Bonchev–Trinajstić information content (AvgIpc) is 3.88. The predicted octanol–water partition coefficient (Wildman–Crippen LogP) is 7.20. The summed E-state index contributed by atoms with van der Waals surface area (Å²) in [6, 6.07) is 14.2. The number of likely N-dealkylation sites (tertiary alicyclic amines) is 2. The van der Waals surface area contributed by atoms with Crippen molar-refractivity contribution < 1.29 is 19.1 Å². The van der Waals surface area contributed by atoms with Crippen molar-refractivity contribution in [1.29, 1.82) is 0 Å². The number of fused-ring (bicyclic) bond motifs is 1. The van der Waals surface area contributed by atoms with E-state index in [0.29, 0.717) is 25.5 Å². The van der Waals surface area contributed by atoms with Gasteiger partial charge in [0.15, 0.2) is 5.82 Å². The third-order valence-corrected chi connectivity index (χ3v) is 9.22. The van der Waals surface area contributed by atoms with Crippen LogP contribution in [0.2, 0.25) is 0 Å². The number of nitrogens with zero attached hydrogens (tertiary/aromatic N) is 6. The molecule has 0 aliphatic carbocycles. The number of amides is 2. The highest BCUT2D eigenvalue weighted by Crippen LogP contribution is 2.34. The summed E-state index contributed by atoms with van der Waals surface area (Å²) in [6.07, 6.45) is 6.61. The second-order valence-corrected chi connectivity index (χ2v) is 15.4. The number of aliphatic imine (C=N–C) groups is 1. The molecule has 2 aromatic carbocycles. The van der Waals surface area contributed by atoms with E-state index in [2.05, 4.69) is 33.5 Å². The van der Waals surface area contributed by atoms with Crippen LogP contribution in [0.3, 0.4) is 0 Å². The fourth-order valence-corrected chi connectivity index (χ4v) is 6.89. The number of H-pyrrole nitrogens is 1. The molecule has 0 saturated carbocycles. The molecule has 262 valence electrons. The summed E-state index contributed by atoms with van der Waals surface area (Å²) >= 11 is 0. The van der Waals surface area contributed by atoms with E-state index in [9.17, 15) is 9.59 Å². The third kappa shape index (κ3) is 7.15. The maximum absolute atomic E-state index is 12.8. The summed E-state index contributed by atoms with van der Waals surface area (Å²) < 4.78 is 11.3. The first kappa shape index (κ1) is 33.5. The normalized spacial score (nSPS) is 21.0. The minimum atomic E-state index is -0.549. The van der Waals surface area contributed by atoms with Crippen molar-refractivity contribution in [2.24, 2.45) is 4.99 Å². The number of aromatic nitrogens is 4. The number of carbonyl (C=O) groups is 2. The molecule has 2 aromatic heterocycles. The topological polar surface area (TPSA) is 138 Å². The molecule has 2 N–H and O–H groups in total. The molecule has 3 aliphatic rings. The highest BCUT2D eigenvalue weighted by molar-refractivity contribution is 5.92. The number of imidazole rings is 1. The first-order chi connectivity index (χ1) is 23.8. The van der Waals surface area contributed by atoms with Crippen molar-refractivity contribution in [1.82, 2.24) is 35.1 Å². The van der Waals surface area contributed by atoms with Crippen molar-refractivity contribution in [2.45, 2.75) is 96.6 Å². The number of benzene rings is 2. The Hall–Kier alpha value is -5.00. The number of aromatic amines is 1. The first-order valence-electron chi connectivity index (χ1n) is 17.5. The molecular formula is C38H46N8O4. The van der Waals surface area contributed by atoms with E-state index in [4.69, 9.17) is 24.4 Å². The third-order valence-electron chi connectivity index (χ3n) is 9.22. The number of rotatable bonds is 5. The molecule has 12 heteroatoms. The monoisotopic (exact) mass is 678 g/mol. The lowest BCUT2D eigenvalue weighted by Crippen LogP contribution is -2.46. The second kappa shape index (κ2) is 13.0. The Labute approximate surface area is 292 Å². The van der Waals surface area contributed by atoms with Crippen molar-refractivity contribution in [3.05, 3.63) is 66.2 Å². The van der Waals surface area contributed by atoms with Crippen LogP contribution in [0, 0.1) is 0 Å². The van der Waals surface area contributed by atoms with Crippen LogP contribution in [0.15, 0.2) is 59.9 Å². The van der Waals surface area contributed by atoms with Gasteiger partial charge in [0.25, 0.3) is 0 Å². The van der Waals surface area contributed by atoms with E-state index in [0.717, 1.165) is 70.6 Å². The number of ether oxygens (including phenoxy) is 2. The van der Waals surface area contributed by atoms with E-state index in [1.165, 1.54) is 0 Å². The molecule has 7 rings (SSSR count). The lowest BCUT2D eigenvalue weighted by Gasteiger charge is -2.29. The minimum absolute atomic E-state index is 0.0353. The maximum atomic E-state index is 12.8. The molecule has 50 heavy (non-hydrogen) atoms. The second-order valence-electron chi connectivity index (χ2n) is 15.4. The molecule has 4 aromatic rings. The Morgan fingerprint density at radius 1 is 0.800 bits per heavy atom. The van der Waals surface area contributed by atoms with Gasteiger partial charge >= 0.3 is 12.2 Å². The zero-order valence-electron chi connectivity index (χ0n) is 29.7. The number of hydrogen-bond donors (Lipinski definition) is 2. The highest BCUT2D eigenvalue weighted by Gasteiger charge is 2.38. The zero-order valence-corrected chi connectivity index (χ0v) is 29.7. The average molecular weight is 679 g/mol. The lowest BCUT2D eigenvalue weighted by atomic mass is 10.0. The Morgan fingerprint density at radius 3 is 2.12 bits per heavy atom. The van der Waals surface area contributed by atoms with Crippen LogP contribution in [-0.4, -0.2) is 84.6 Å². The van der Waals surface area contributed by atoms with Gasteiger partial charge in [-0.2, -0.15) is 0 Å². The number of amidine groups is 1. The summed E-state index contributed by atoms with van der Waals surface area (Å²) in [5.41, 5.74) is 3.64. The largest absolute Gasteiger partial charge is 0.444 e. The van der Waals surface area contributed by atoms with Gasteiger partial charge in [-0.1, -0.05) is 30.3 Å². The van der Waals surface area contributed by atoms with Crippen LogP contribution >= 0.6 is 0 Å². The minimum Gasteiger partial charge on any atom is -0.444 e. The Morgan fingerprint density at radius 2 is 1.44 bits per heavy atom. The van der Waals surface area contributed by atoms with Gasteiger partial charge < -0.3 is 19.8 Å². The van der Waals surface area contributed by atoms with Crippen molar-refractivity contribution in [2.75, 3.05) is 19.6 Å². The van der Waals surface area contributed by atoms with Gasteiger partial charge in [0.1, 0.15) is 22.9 Å². The molecule has 2 amide bonds. The number of carbonyl (C=O) groups excluding carboxylic acids is 2. The molecule has 0 spiro atoms. The number of hydrogen-bond acceptors (Lipinski definition) is 9. The Balaban J connectivity index is 1.00. The lowest BCUT2D eigenvalue weighted by molar-refractivity contribution is 0.0216. The molecule has 5 heterocycles. The molecule has 2 unspecified atom stereocenters. The van der Waals surface area contributed by atoms with E-state index < -0.39 is 11.2 Å². The van der Waals surface area contributed by atoms with E-state index in [1.807, 2.05) is 78.2 Å². The summed E-state index contributed by atoms with van der Waals surface area (Å²) in [6.45, 7) is 13.2. The fourth-order valence-electron chi connectivity index (χ4n) is 6.89. The van der Waals surface area contributed by atoms with Crippen LogP contribution in [0.4, 0.5) is 9.59 Å². The van der Waals surface area contributed by atoms with Crippen LogP contribution in [0.1, 0.15) is 90.7 Å². The smallest absolute Gasteiger partial charge is 0.410 e. The molecule has 12 nitrogen and oxygen atoms in total. The summed E-state index contributed by atoms with van der Waals surface area (Å²) in [4.78, 5) is 51.7. The van der Waals surface area contributed by atoms with Crippen LogP contribution in [0.5, 0.6) is 0 Å². The van der Waals surface area contributed by atoms with Gasteiger partial charge in [-0.25, -0.2) is 24.5 Å². The van der Waals surface area contributed by atoms with Gasteiger partial charge in [-0.3, -0.25) is 14.8 Å². The summed E-state index contributed by atoms with van der Waals surface area (Å²) in [5.74, 6) is 2.27. The van der Waals surface area contributed by atoms with Crippen molar-refractivity contribution in [3.8, 4) is 22.6 Å². The van der Waals surface area contributed by atoms with E-state index in [1.54, 1.807) is 9.80 Å². The van der Waals surface area contributed by atoms with Gasteiger partial charge in [0.2, 0.25) is 0 Å². The molecule has 3 aliphatic heterocycles. The standard InChI is InChI=1S/C38H46N8O4/c1-37(2,3)49-35(47)45-17-7-9-30(45)33-40-21-28(43-33)23-11-13-24(14-12-23)32-39-20-26-19-25(15-16-27(26)42-32)29-22-41-34(44-29)31-10-8-18-46(31)36(48)50-38(4,5)6/h11-16,19-20,22,28,30-31H,7-10,17-18,21H2,1-6H3,(H,40,43)(H,41,44)/t28?,30-,31?/m0/s1. The first-order valence-corrected chi connectivity index (χ1v) is 17.5. The molecule has 0 radical (unpaired) electrons. The predicted molar refractivity (Wildman–Crippen MR) is 192 cm³/mol. The van der Waals surface area contributed by atoms with Gasteiger partial charge in [0, 0.05) is 35.8 Å². The SMILES string of the molecule is CC(C)(C)OC(=O)N1CCCC1c1ncc(-c2ccc3nc(-c4ccc(C5CN=C([C@@H]6CCCN6C(=O)OC(C)(C)C)N5)cc4)ncc3c2)[nH]1. The number of nitrogens with one attached hydrogen (secondary N) is 2. The quantitative estimate of drug-likeness (QED) is 0.226. The van der Waals surface area contributed by atoms with Crippen LogP contribution in [0.25, 0.3) is 33.5 Å². The van der Waals surface area contributed by atoms with Crippen LogP contribution in [-0.2, 0) is 9.47 Å². The molecule has 2 saturated heterocycles. The van der Waals surface area contributed by atoms with Gasteiger partial charge in [-0.15, -0.1) is 0 Å².